The van der Waals surface area contributed by atoms with Gasteiger partial charge in [-0.25, -0.2) is 4.79 Å². The number of carbonyl (C=O) groups is 1. The second-order valence-electron chi connectivity index (χ2n) is 3.82. The van der Waals surface area contributed by atoms with Crippen LogP contribution in [0.25, 0.3) is 0 Å². The molecule has 1 aromatic heterocycles. The number of pyridine rings is 1. The maximum atomic E-state index is 10.8. The molecule has 4 N–H and O–H groups in total. The van der Waals surface area contributed by atoms with Crippen molar-refractivity contribution in [3.8, 4) is 0 Å². The molecule has 2 aromatic rings. The average Bonchev–Trinajstić information content (AvgIpc) is 2.37. The Morgan fingerprint density at radius 3 is 2.83 bits per heavy atom. The largest absolute Gasteiger partial charge is 0.478 e. The van der Waals surface area contributed by atoms with E-state index in [0.29, 0.717) is 6.54 Å². The van der Waals surface area contributed by atoms with E-state index in [9.17, 15) is 4.79 Å². The van der Waals surface area contributed by atoms with Crippen LogP contribution in [0.3, 0.4) is 0 Å². The number of aromatic carboxylic acids is 1. The molecular formula is C13H13N3O2. The quantitative estimate of drug-likeness (QED) is 0.714. The molecule has 5 nitrogen and oxygen atoms in total. The summed E-state index contributed by atoms with van der Waals surface area (Å²) in [5, 5.41) is 12.0. The minimum atomic E-state index is -1.02. The van der Waals surface area contributed by atoms with Crippen molar-refractivity contribution in [3.63, 3.8) is 0 Å². The fourth-order valence-corrected chi connectivity index (χ4v) is 1.57. The lowest BCUT2D eigenvalue weighted by Crippen LogP contribution is -2.04. The maximum absolute atomic E-state index is 10.8. The zero-order valence-corrected chi connectivity index (χ0v) is 9.63. The summed E-state index contributed by atoms with van der Waals surface area (Å²) in [4.78, 5) is 14.8. The van der Waals surface area contributed by atoms with E-state index in [4.69, 9.17) is 10.8 Å². The molecule has 0 fully saturated rings. The van der Waals surface area contributed by atoms with E-state index < -0.39 is 5.97 Å². The highest BCUT2D eigenvalue weighted by atomic mass is 16.4. The van der Waals surface area contributed by atoms with Crippen LogP contribution in [-0.2, 0) is 6.54 Å². The summed E-state index contributed by atoms with van der Waals surface area (Å²) in [5.74, 6) is -1.02. The van der Waals surface area contributed by atoms with Crippen LogP contribution < -0.4 is 11.1 Å². The van der Waals surface area contributed by atoms with Crippen molar-refractivity contribution in [1.29, 1.82) is 0 Å². The Kier molecular flexibility index (Phi) is 3.43. The van der Waals surface area contributed by atoms with Crippen LogP contribution in [0.4, 0.5) is 11.4 Å². The number of benzene rings is 1. The zero-order valence-electron chi connectivity index (χ0n) is 9.63. The first-order valence-electron chi connectivity index (χ1n) is 5.42. The third-order valence-corrected chi connectivity index (χ3v) is 2.50. The fourth-order valence-electron chi connectivity index (χ4n) is 1.57. The average molecular weight is 243 g/mol. The predicted octanol–water partition coefficient (Wildman–Crippen LogP) is 1.97. The van der Waals surface area contributed by atoms with E-state index in [1.807, 2.05) is 12.1 Å². The van der Waals surface area contributed by atoms with Crippen molar-refractivity contribution in [2.75, 3.05) is 11.1 Å². The minimum Gasteiger partial charge on any atom is -0.478 e. The second-order valence-corrected chi connectivity index (χ2v) is 3.82. The van der Waals surface area contributed by atoms with Crippen molar-refractivity contribution in [2.45, 2.75) is 6.54 Å². The first-order chi connectivity index (χ1) is 8.66. The van der Waals surface area contributed by atoms with E-state index in [-0.39, 0.29) is 11.3 Å². The molecule has 2 rings (SSSR count). The molecular weight excluding hydrogens is 230 g/mol. The number of nitrogens with two attached hydrogens (primary N) is 1. The third kappa shape index (κ3) is 2.76. The molecule has 0 aliphatic carbocycles. The molecule has 0 spiro atoms. The lowest BCUT2D eigenvalue weighted by atomic mass is 10.1. The topological polar surface area (TPSA) is 88.2 Å². The van der Waals surface area contributed by atoms with Crippen molar-refractivity contribution in [1.82, 2.24) is 4.98 Å². The predicted molar refractivity (Wildman–Crippen MR) is 69.4 cm³/mol. The molecule has 18 heavy (non-hydrogen) atoms. The SMILES string of the molecule is Nc1cc(NCc2cccnc2)ccc1C(=O)O. The van der Waals surface area contributed by atoms with Crippen LogP contribution in [-0.4, -0.2) is 16.1 Å². The van der Waals surface area contributed by atoms with Gasteiger partial charge in [-0.3, -0.25) is 4.98 Å². The van der Waals surface area contributed by atoms with Crippen molar-refractivity contribution >= 4 is 17.3 Å². The van der Waals surface area contributed by atoms with E-state index in [2.05, 4.69) is 10.3 Å². The van der Waals surface area contributed by atoms with Crippen LogP contribution >= 0.6 is 0 Å². The highest BCUT2D eigenvalue weighted by molar-refractivity contribution is 5.94. The molecule has 0 bridgehead atoms. The van der Waals surface area contributed by atoms with Gasteiger partial charge in [-0.15, -0.1) is 0 Å². The Morgan fingerprint density at radius 2 is 2.22 bits per heavy atom. The molecule has 5 heteroatoms. The monoisotopic (exact) mass is 243 g/mol. The van der Waals surface area contributed by atoms with Gasteiger partial charge in [-0.2, -0.15) is 0 Å². The van der Waals surface area contributed by atoms with Gasteiger partial charge in [-0.1, -0.05) is 6.07 Å². The summed E-state index contributed by atoms with van der Waals surface area (Å²) in [6.07, 6.45) is 3.48. The van der Waals surface area contributed by atoms with Crippen LogP contribution in [0.1, 0.15) is 15.9 Å². The van der Waals surface area contributed by atoms with Crippen molar-refractivity contribution < 1.29 is 9.90 Å². The molecule has 1 heterocycles. The van der Waals surface area contributed by atoms with Gasteiger partial charge in [0.05, 0.1) is 5.56 Å². The van der Waals surface area contributed by atoms with Gasteiger partial charge in [0, 0.05) is 30.3 Å². The minimum absolute atomic E-state index is 0.113. The highest BCUT2D eigenvalue weighted by Crippen LogP contribution is 2.18. The van der Waals surface area contributed by atoms with Crippen LogP contribution in [0.2, 0.25) is 0 Å². The molecule has 92 valence electrons. The molecule has 0 atom stereocenters. The first kappa shape index (κ1) is 11.9. The number of aromatic nitrogens is 1. The summed E-state index contributed by atoms with van der Waals surface area (Å²) in [6.45, 7) is 0.611. The highest BCUT2D eigenvalue weighted by Gasteiger charge is 2.07. The van der Waals surface area contributed by atoms with E-state index in [0.717, 1.165) is 11.3 Å². The summed E-state index contributed by atoms with van der Waals surface area (Å²) in [6, 6.07) is 8.60. The number of nitrogens with zero attached hydrogens (tertiary/aromatic N) is 1. The summed E-state index contributed by atoms with van der Waals surface area (Å²) in [7, 11) is 0. The van der Waals surface area contributed by atoms with E-state index >= 15 is 0 Å². The number of hydrogen-bond acceptors (Lipinski definition) is 4. The molecule has 1 aromatic carbocycles. The Bertz CT molecular complexity index is 555. The number of nitrogens with one attached hydrogen (secondary N) is 1. The van der Waals surface area contributed by atoms with Crippen molar-refractivity contribution in [3.05, 3.63) is 53.9 Å². The third-order valence-electron chi connectivity index (χ3n) is 2.50. The number of anilines is 2. The molecule has 0 aliphatic rings. The van der Waals surface area contributed by atoms with Gasteiger partial charge in [0.15, 0.2) is 0 Å². The fraction of sp³-hybridized carbons (Fsp3) is 0.0769. The first-order valence-corrected chi connectivity index (χ1v) is 5.42. The number of hydrogen-bond donors (Lipinski definition) is 3. The Balaban J connectivity index is 2.07. The Labute approximate surface area is 104 Å². The number of carboxylic acids is 1. The lowest BCUT2D eigenvalue weighted by Gasteiger charge is -2.08. The molecule has 0 unspecified atom stereocenters. The molecule has 0 saturated carbocycles. The molecule has 0 amide bonds. The smallest absolute Gasteiger partial charge is 0.337 e. The number of nitrogen functional groups attached to an aromatic ring is 1. The number of rotatable bonds is 4. The standard InChI is InChI=1S/C13H13N3O2/c14-12-6-10(3-4-11(12)13(17)18)16-8-9-2-1-5-15-7-9/h1-7,16H,8,14H2,(H,17,18). The number of carboxylic acid groups (broad SMARTS) is 1. The summed E-state index contributed by atoms with van der Waals surface area (Å²) < 4.78 is 0. The maximum Gasteiger partial charge on any atom is 0.337 e. The normalized spacial score (nSPS) is 10.0. The van der Waals surface area contributed by atoms with Crippen LogP contribution in [0, 0.1) is 0 Å². The van der Waals surface area contributed by atoms with Gasteiger partial charge in [0.1, 0.15) is 0 Å². The van der Waals surface area contributed by atoms with Gasteiger partial charge in [-0.05, 0) is 29.8 Å². The Morgan fingerprint density at radius 1 is 1.39 bits per heavy atom. The molecule has 0 saturated heterocycles. The summed E-state index contributed by atoms with van der Waals surface area (Å²) >= 11 is 0. The van der Waals surface area contributed by atoms with Gasteiger partial charge < -0.3 is 16.2 Å². The van der Waals surface area contributed by atoms with E-state index in [1.165, 1.54) is 6.07 Å². The van der Waals surface area contributed by atoms with Crippen molar-refractivity contribution in [2.24, 2.45) is 0 Å². The van der Waals surface area contributed by atoms with Gasteiger partial charge in [0.2, 0.25) is 0 Å². The van der Waals surface area contributed by atoms with Gasteiger partial charge in [0.25, 0.3) is 0 Å². The molecule has 0 radical (unpaired) electrons. The van der Waals surface area contributed by atoms with Gasteiger partial charge >= 0.3 is 5.97 Å². The molecule has 0 aliphatic heterocycles. The second kappa shape index (κ2) is 5.18. The lowest BCUT2D eigenvalue weighted by molar-refractivity contribution is 0.0698. The van der Waals surface area contributed by atoms with E-state index in [1.54, 1.807) is 24.5 Å². The summed E-state index contributed by atoms with van der Waals surface area (Å²) in [5.41, 5.74) is 7.84. The zero-order chi connectivity index (χ0) is 13.0. The van der Waals surface area contributed by atoms with Crippen LogP contribution in [0.15, 0.2) is 42.7 Å². The Hall–Kier alpha value is -2.56. The van der Waals surface area contributed by atoms with Crippen LogP contribution in [0.5, 0.6) is 0 Å².